The number of ether oxygens (including phenoxy) is 1. The second-order valence-electron chi connectivity index (χ2n) is 4.84. The number of aliphatic carboxylic acids is 1. The summed E-state index contributed by atoms with van der Waals surface area (Å²) in [5.41, 5.74) is 0.0540. The Morgan fingerprint density at radius 3 is 2.81 bits per heavy atom. The Morgan fingerprint density at radius 2 is 2.24 bits per heavy atom. The van der Waals surface area contributed by atoms with Crippen LogP contribution >= 0.6 is 0 Å². The van der Waals surface area contributed by atoms with Crippen LogP contribution in [0.2, 0.25) is 0 Å². The third-order valence-electron chi connectivity index (χ3n) is 3.53. The quantitative estimate of drug-likeness (QED) is 0.883. The number of carboxylic acids is 1. The first-order valence-electron chi connectivity index (χ1n) is 6.44. The lowest BCUT2D eigenvalue weighted by Crippen LogP contribution is -2.41. The first-order chi connectivity index (χ1) is 9.93. The molecule has 2 unspecified atom stereocenters. The van der Waals surface area contributed by atoms with Crippen LogP contribution in [-0.4, -0.2) is 58.7 Å². The van der Waals surface area contributed by atoms with Crippen LogP contribution in [-0.2, 0) is 16.1 Å². The van der Waals surface area contributed by atoms with Crippen molar-refractivity contribution in [3.05, 3.63) is 24.0 Å². The highest BCUT2D eigenvalue weighted by Crippen LogP contribution is 2.23. The SMILES string of the molecule is COC1CC(C(=O)O)N(C(=O)c2cccn2CC(F)F)C1. The lowest BCUT2D eigenvalue weighted by atomic mass is 10.2. The van der Waals surface area contributed by atoms with Crippen LogP contribution in [0.15, 0.2) is 18.3 Å². The van der Waals surface area contributed by atoms with Gasteiger partial charge in [-0.05, 0) is 12.1 Å². The summed E-state index contributed by atoms with van der Waals surface area (Å²) < 4.78 is 31.2. The number of nitrogens with zero attached hydrogens (tertiary/aromatic N) is 2. The van der Waals surface area contributed by atoms with Crippen molar-refractivity contribution < 1.29 is 28.2 Å². The Morgan fingerprint density at radius 1 is 1.52 bits per heavy atom. The van der Waals surface area contributed by atoms with Gasteiger partial charge in [-0.1, -0.05) is 0 Å². The molecule has 1 fully saturated rings. The normalized spacial score (nSPS) is 22.0. The summed E-state index contributed by atoms with van der Waals surface area (Å²) in [6.07, 6.45) is -1.40. The molecular weight excluding hydrogens is 286 g/mol. The highest BCUT2D eigenvalue weighted by molar-refractivity contribution is 5.95. The van der Waals surface area contributed by atoms with E-state index < -0.39 is 30.9 Å². The minimum absolute atomic E-state index is 0.0540. The molecule has 1 aromatic heterocycles. The van der Waals surface area contributed by atoms with E-state index in [1.807, 2.05) is 0 Å². The summed E-state index contributed by atoms with van der Waals surface area (Å²) in [5.74, 6) is -1.71. The molecule has 0 radical (unpaired) electrons. The molecule has 8 heteroatoms. The third-order valence-corrected chi connectivity index (χ3v) is 3.53. The molecule has 1 aromatic rings. The van der Waals surface area contributed by atoms with Crippen molar-refractivity contribution in [1.29, 1.82) is 0 Å². The van der Waals surface area contributed by atoms with Gasteiger partial charge in [-0.3, -0.25) is 4.79 Å². The standard InChI is InChI=1S/C13H16F2N2O4/c1-21-8-5-10(13(19)20)17(6-8)12(18)9-3-2-4-16(9)7-11(14)15/h2-4,8,10-11H,5-7H2,1H3,(H,19,20). The van der Waals surface area contributed by atoms with Crippen molar-refractivity contribution in [2.75, 3.05) is 13.7 Å². The third kappa shape index (κ3) is 3.21. The smallest absolute Gasteiger partial charge is 0.326 e. The number of carboxylic acid groups (broad SMARTS) is 1. The number of hydrogen-bond donors (Lipinski definition) is 1. The number of hydrogen-bond acceptors (Lipinski definition) is 3. The number of amides is 1. The van der Waals surface area contributed by atoms with E-state index >= 15 is 0 Å². The molecule has 0 aromatic carbocycles. The van der Waals surface area contributed by atoms with Crippen LogP contribution in [0.5, 0.6) is 0 Å². The number of alkyl halides is 2. The number of aromatic nitrogens is 1. The summed E-state index contributed by atoms with van der Waals surface area (Å²) in [6.45, 7) is -0.473. The number of carbonyl (C=O) groups is 2. The van der Waals surface area contributed by atoms with Gasteiger partial charge in [0.15, 0.2) is 0 Å². The van der Waals surface area contributed by atoms with Crippen LogP contribution < -0.4 is 0 Å². The molecule has 116 valence electrons. The molecule has 6 nitrogen and oxygen atoms in total. The van der Waals surface area contributed by atoms with Gasteiger partial charge in [-0.25, -0.2) is 13.6 Å². The van der Waals surface area contributed by atoms with E-state index in [9.17, 15) is 23.5 Å². The fourth-order valence-corrected chi connectivity index (χ4v) is 2.49. The van der Waals surface area contributed by atoms with E-state index in [2.05, 4.69) is 0 Å². The first kappa shape index (κ1) is 15.4. The van der Waals surface area contributed by atoms with Crippen LogP contribution in [0.25, 0.3) is 0 Å². The van der Waals surface area contributed by atoms with Gasteiger partial charge >= 0.3 is 5.97 Å². The molecule has 0 saturated carbocycles. The van der Waals surface area contributed by atoms with Crippen molar-refractivity contribution in [3.8, 4) is 0 Å². The number of carbonyl (C=O) groups excluding carboxylic acids is 1. The zero-order valence-corrected chi connectivity index (χ0v) is 11.4. The van der Waals surface area contributed by atoms with E-state index in [-0.39, 0.29) is 24.8 Å². The Kier molecular flexibility index (Phi) is 4.56. The second-order valence-corrected chi connectivity index (χ2v) is 4.84. The van der Waals surface area contributed by atoms with Gasteiger partial charge in [0, 0.05) is 26.3 Å². The molecule has 0 bridgehead atoms. The molecule has 2 rings (SSSR count). The van der Waals surface area contributed by atoms with Gasteiger partial charge in [0.2, 0.25) is 0 Å². The van der Waals surface area contributed by atoms with Gasteiger partial charge in [0.1, 0.15) is 11.7 Å². The topological polar surface area (TPSA) is 71.8 Å². The molecule has 1 aliphatic rings. The fourth-order valence-electron chi connectivity index (χ4n) is 2.49. The lowest BCUT2D eigenvalue weighted by molar-refractivity contribution is -0.141. The van der Waals surface area contributed by atoms with Gasteiger partial charge in [-0.2, -0.15) is 0 Å². The minimum atomic E-state index is -2.59. The number of halogens is 2. The molecule has 0 aliphatic carbocycles. The Hall–Kier alpha value is -1.96. The molecule has 2 heterocycles. The van der Waals surface area contributed by atoms with Crippen LogP contribution in [0.1, 0.15) is 16.9 Å². The van der Waals surface area contributed by atoms with Crippen molar-refractivity contribution in [1.82, 2.24) is 9.47 Å². The molecule has 1 N–H and O–H groups in total. The zero-order valence-electron chi connectivity index (χ0n) is 11.4. The van der Waals surface area contributed by atoms with E-state index in [4.69, 9.17) is 4.74 Å². The summed E-state index contributed by atoms with van der Waals surface area (Å²) in [6, 6.07) is 1.89. The maximum atomic E-state index is 12.5. The van der Waals surface area contributed by atoms with Crippen molar-refractivity contribution in [2.45, 2.75) is 31.5 Å². The van der Waals surface area contributed by atoms with E-state index in [1.165, 1.54) is 25.4 Å². The summed E-state index contributed by atoms with van der Waals surface area (Å²) in [5, 5.41) is 9.18. The maximum absolute atomic E-state index is 12.5. The van der Waals surface area contributed by atoms with Crippen LogP contribution in [0.4, 0.5) is 8.78 Å². The Labute approximate surface area is 119 Å². The fraction of sp³-hybridized carbons (Fsp3) is 0.538. The van der Waals surface area contributed by atoms with E-state index in [0.717, 1.165) is 9.47 Å². The highest BCUT2D eigenvalue weighted by atomic mass is 19.3. The van der Waals surface area contributed by atoms with Gasteiger partial charge in [0.05, 0.1) is 12.6 Å². The minimum Gasteiger partial charge on any atom is -0.480 e. The molecule has 2 atom stereocenters. The Bertz CT molecular complexity index is 532. The zero-order chi connectivity index (χ0) is 15.6. The van der Waals surface area contributed by atoms with Crippen molar-refractivity contribution >= 4 is 11.9 Å². The van der Waals surface area contributed by atoms with Gasteiger partial charge in [0.25, 0.3) is 12.3 Å². The second kappa shape index (κ2) is 6.21. The van der Waals surface area contributed by atoms with E-state index in [0.29, 0.717) is 0 Å². The number of rotatable bonds is 5. The summed E-state index contributed by atoms with van der Waals surface area (Å²) >= 11 is 0. The largest absolute Gasteiger partial charge is 0.480 e. The number of likely N-dealkylation sites (tertiary alicyclic amines) is 1. The van der Waals surface area contributed by atoms with Crippen molar-refractivity contribution in [2.24, 2.45) is 0 Å². The molecular formula is C13H16F2N2O4. The van der Waals surface area contributed by atoms with Crippen LogP contribution in [0, 0.1) is 0 Å². The molecule has 1 saturated heterocycles. The maximum Gasteiger partial charge on any atom is 0.326 e. The summed E-state index contributed by atoms with van der Waals surface area (Å²) in [4.78, 5) is 24.8. The van der Waals surface area contributed by atoms with Crippen LogP contribution in [0.3, 0.4) is 0 Å². The first-order valence-corrected chi connectivity index (χ1v) is 6.44. The molecule has 1 amide bonds. The predicted octanol–water partition coefficient (Wildman–Crippen LogP) is 1.07. The molecule has 21 heavy (non-hydrogen) atoms. The summed E-state index contributed by atoms with van der Waals surface area (Å²) in [7, 11) is 1.44. The Balaban J connectivity index is 2.22. The monoisotopic (exact) mass is 302 g/mol. The number of methoxy groups -OCH3 is 1. The van der Waals surface area contributed by atoms with Crippen molar-refractivity contribution in [3.63, 3.8) is 0 Å². The van der Waals surface area contributed by atoms with Gasteiger partial charge < -0.3 is 19.3 Å². The van der Waals surface area contributed by atoms with Gasteiger partial charge in [-0.15, -0.1) is 0 Å². The average Bonchev–Trinajstić information content (AvgIpc) is 3.03. The lowest BCUT2D eigenvalue weighted by Gasteiger charge is -2.22. The molecule has 0 spiro atoms. The highest BCUT2D eigenvalue weighted by Gasteiger charge is 2.40. The van der Waals surface area contributed by atoms with E-state index in [1.54, 1.807) is 0 Å². The average molecular weight is 302 g/mol. The predicted molar refractivity (Wildman–Crippen MR) is 68.3 cm³/mol. The molecule has 1 aliphatic heterocycles.